The van der Waals surface area contributed by atoms with E-state index in [4.69, 9.17) is 69.3 Å². The van der Waals surface area contributed by atoms with Gasteiger partial charge in [0, 0.05) is 0 Å². The number of hydrogen-bond donors (Lipinski definition) is 0. The van der Waals surface area contributed by atoms with Gasteiger partial charge in [-0.15, -0.1) is 0 Å². The van der Waals surface area contributed by atoms with Crippen molar-refractivity contribution in [1.82, 2.24) is 0 Å². The molecule has 5 aromatic carbocycles. The highest BCUT2D eigenvalue weighted by molar-refractivity contribution is 7.86. The Morgan fingerprint density at radius 3 is 0.935 bits per heavy atom. The maximum Gasteiger partial charge on any atom is 0.343 e. The van der Waals surface area contributed by atoms with E-state index in [1.165, 1.54) is 61.7 Å². The Balaban J connectivity index is 0.000000199. The molecule has 0 saturated heterocycles. The molecule has 6 saturated carbocycles. The summed E-state index contributed by atoms with van der Waals surface area (Å²) in [6.07, 6.45) is 14.7. The van der Waals surface area contributed by atoms with E-state index in [2.05, 4.69) is 0 Å². The number of carbonyl (C=O) groups is 8. The summed E-state index contributed by atoms with van der Waals surface area (Å²) in [6.45, 7) is -2.31. The van der Waals surface area contributed by atoms with Crippen LogP contribution in [0.2, 0.25) is 0 Å². The van der Waals surface area contributed by atoms with Crippen molar-refractivity contribution in [2.45, 2.75) is 122 Å². The van der Waals surface area contributed by atoms with Crippen LogP contribution in [0.4, 0.5) is 0 Å². The van der Waals surface area contributed by atoms with E-state index in [1.807, 2.05) is 0 Å². The molecule has 0 spiro atoms. The maximum atomic E-state index is 13.3. The summed E-state index contributed by atoms with van der Waals surface area (Å²) < 4.78 is 168. The molecule has 6 fully saturated rings. The van der Waals surface area contributed by atoms with Crippen LogP contribution >= 0.6 is 0 Å². The minimum absolute atomic E-state index is 0.00794. The summed E-state index contributed by atoms with van der Waals surface area (Å²) in [4.78, 5) is 98.9. The average molecular weight is 1550 g/mol. The van der Waals surface area contributed by atoms with Crippen LogP contribution in [0, 0.1) is 35.0 Å². The number of benzene rings is 5. The molecule has 4 bridgehead atoms. The van der Waals surface area contributed by atoms with Gasteiger partial charge in [-0.2, -0.15) is 0 Å². The second-order valence-corrected chi connectivity index (χ2v) is 32.3. The number of rotatable bonds is 28. The van der Waals surface area contributed by atoms with Crippen LogP contribution in [0.15, 0.2) is 103 Å². The van der Waals surface area contributed by atoms with Gasteiger partial charge in [0.25, 0.3) is 0 Å². The fraction of sp³-hybridized carbons (Fsp3) is 0.465. The number of ether oxygens (including phenoxy) is 8. The first-order valence-corrected chi connectivity index (χ1v) is 40.6. The third-order valence-corrected chi connectivity index (χ3v) is 20.9. The normalized spacial score (nSPS) is 18.2. The zero-order valence-corrected chi connectivity index (χ0v) is 61.4. The minimum atomic E-state index is -4.51. The molecule has 6 aliphatic carbocycles. The highest BCUT2D eigenvalue weighted by Crippen LogP contribution is 2.60. The van der Waals surface area contributed by atoms with Gasteiger partial charge in [-0.25, -0.2) is 57.6 Å². The van der Waals surface area contributed by atoms with E-state index in [9.17, 15) is 90.2 Å². The predicted molar refractivity (Wildman–Crippen MR) is 380 cm³/mol. The Morgan fingerprint density at radius 2 is 0.645 bits per heavy atom. The van der Waals surface area contributed by atoms with E-state index in [0.717, 1.165) is 77.0 Å². The van der Waals surface area contributed by atoms with E-state index in [0.29, 0.717) is 40.0 Å². The molecule has 28 nitrogen and oxygen atoms in total. The minimum Gasteiger partial charge on any atom is -0.748 e. The Bertz CT molecular complexity index is 4430. The summed E-state index contributed by atoms with van der Waals surface area (Å²) in [6, 6.07) is 26.0. The second kappa shape index (κ2) is 39.7. The third kappa shape index (κ3) is 27.7. The number of esters is 8. The molecule has 0 N–H and O–H groups in total. The van der Waals surface area contributed by atoms with Gasteiger partial charge in [0.2, 0.25) is 0 Å². The van der Waals surface area contributed by atoms with Gasteiger partial charge in [-0.3, -0.25) is 14.4 Å². The number of hydrogen-bond acceptors (Lipinski definition) is 28. The molecule has 6 aliphatic rings. The first-order valence-electron chi connectivity index (χ1n) is 34.2. The molecule has 0 atom stereocenters. The van der Waals surface area contributed by atoms with Crippen molar-refractivity contribution < 1.29 is 128 Å². The molecule has 0 aromatic heterocycles. The van der Waals surface area contributed by atoms with Crippen LogP contribution in [0.25, 0.3) is 0 Å². The fourth-order valence-corrected chi connectivity index (χ4v) is 14.4. The second-order valence-electron chi connectivity index (χ2n) is 26.2. The molecule has 8 radical (unpaired) electrons. The smallest absolute Gasteiger partial charge is 0.343 e. The van der Waals surface area contributed by atoms with Crippen LogP contribution in [-0.2, 0) is 99.1 Å². The zero-order chi connectivity index (χ0) is 78.3. The molecule has 0 amide bonds. The molecular weight excluding hydrogens is 1470 g/mol. The molecule has 568 valence electrons. The van der Waals surface area contributed by atoms with Gasteiger partial charge >= 0.3 is 47.8 Å². The van der Waals surface area contributed by atoms with Crippen LogP contribution in [-0.4, -0.2) is 180 Å². The van der Waals surface area contributed by atoms with Gasteiger partial charge in [-0.05, 0) is 143 Å². The molecule has 11 rings (SSSR count). The van der Waals surface area contributed by atoms with Gasteiger partial charge in [0.05, 0.1) is 118 Å². The molecule has 5 aromatic rings. The lowest BCUT2D eigenvalue weighted by Crippen LogP contribution is -2.51. The largest absolute Gasteiger partial charge is 0.748 e. The van der Waals surface area contributed by atoms with Crippen LogP contribution in [0.5, 0.6) is 23.0 Å². The van der Waals surface area contributed by atoms with Gasteiger partial charge in [0.15, 0.2) is 0 Å². The summed E-state index contributed by atoms with van der Waals surface area (Å²) in [7, 11) is 4.43. The van der Waals surface area contributed by atoms with Crippen molar-refractivity contribution in [3.63, 3.8) is 0 Å². The lowest BCUT2D eigenvalue weighted by molar-refractivity contribution is -0.161. The summed E-state index contributed by atoms with van der Waals surface area (Å²) in [5.74, 6) is -7.31. The van der Waals surface area contributed by atoms with Crippen molar-refractivity contribution in [1.29, 1.82) is 0 Å². The van der Waals surface area contributed by atoms with E-state index in [-0.39, 0.29) is 93.9 Å². The van der Waals surface area contributed by atoms with Crippen LogP contribution in [0.1, 0.15) is 170 Å². The maximum absolute atomic E-state index is 13.3. The first-order chi connectivity index (χ1) is 50.6. The Hall–Kier alpha value is -8.24. The molecule has 0 unspecified atom stereocenters. The van der Waals surface area contributed by atoms with Crippen LogP contribution < -0.4 is 18.9 Å². The topological polar surface area (TPSA) is 439 Å². The number of carbonyl (C=O) groups excluding carboxylic acids is 8. The van der Waals surface area contributed by atoms with Crippen molar-refractivity contribution in [2.75, 3.05) is 49.4 Å². The lowest BCUT2D eigenvalue weighted by atomic mass is 9.49. The lowest BCUT2D eigenvalue weighted by Gasteiger charge is -2.55. The Kier molecular flexibility index (Phi) is 31.9. The van der Waals surface area contributed by atoms with Gasteiger partial charge < -0.3 is 56.1 Å². The van der Waals surface area contributed by atoms with Crippen molar-refractivity contribution in [3.05, 3.63) is 153 Å². The zero-order valence-electron chi connectivity index (χ0n) is 58.2. The van der Waals surface area contributed by atoms with Crippen LogP contribution in [0.3, 0.4) is 0 Å². The SMILES string of the molecule is [B]Cc1ccc(C(=O)OCCS(=O)(=O)[O-])c(OC(=O)C23CC4CC(CC(C4)C2)C3)c1.[B]Cc1ccc(C(=O)OCCS(=O)(=O)[O-])c(OC(=O)C2CCCC2)c1.[B]Cc1ccc(C(=O)OCCS(=O)(=O)[O-])c(OC(=O)C2CCCCC2)c1.[B]Cc1ccc(C(=O)OCCS(=O)(=O)[O-])c(OC(=O)c2ccccc2)c1. The first kappa shape index (κ1) is 86.0. The van der Waals surface area contributed by atoms with E-state index in [1.54, 1.807) is 60.7 Å². The van der Waals surface area contributed by atoms with Crippen molar-refractivity contribution in [3.8, 4) is 23.0 Å². The summed E-state index contributed by atoms with van der Waals surface area (Å²) in [5.41, 5.74) is 2.28. The molecular formula is C71H76B4O28S4-4. The van der Waals surface area contributed by atoms with E-state index >= 15 is 0 Å². The quantitative estimate of drug-likeness (QED) is 0.0178. The molecule has 0 aliphatic heterocycles. The fourth-order valence-electron chi connectivity index (χ4n) is 13.2. The Morgan fingerprint density at radius 1 is 0.364 bits per heavy atom. The summed E-state index contributed by atoms with van der Waals surface area (Å²) >= 11 is 0. The van der Waals surface area contributed by atoms with Gasteiger partial charge in [-0.1, -0.05) is 122 Å². The molecule has 36 heteroatoms. The Labute approximate surface area is 626 Å². The molecule has 0 heterocycles. The van der Waals surface area contributed by atoms with E-state index < -0.39 is 137 Å². The highest BCUT2D eigenvalue weighted by atomic mass is 32.2. The molecule has 107 heavy (non-hydrogen) atoms. The van der Waals surface area contributed by atoms with Crippen molar-refractivity contribution >= 4 is 120 Å². The highest BCUT2D eigenvalue weighted by Gasteiger charge is 2.56. The standard InChI is InChI=1S/C21H25BO7S.C17H21BO7S.C17H15BO7S.C16H19BO7S/c22-12-13-1-2-17(19(23)28-3-4-30(25,26)27)18(8-13)29-20(24)21-9-14-5-15(10-21)7-16(6-14)11-21;2*18-11-12-6-7-14(17(20)24-8-9-26(21,22)23)15(10-12)25-16(19)13-4-2-1-3-5-13;17-10-11-5-6-13(16(19)23-7-8-25(20,21)22)14(9-11)24-15(18)12-3-1-2-4-12/h1-2,8,14-16H,3-7,9-12H2,(H,25,26,27);6-7,10,13H,1-5,8-9,11H2,(H,21,22,23);1-7,10H,8-9,11H2,(H,21,22,23);5-6,9,12H,1-4,7-8,10H2,(H,20,21,22)/p-4. The average Bonchev–Trinajstić information content (AvgIpc) is 1.10. The van der Waals surface area contributed by atoms with Crippen molar-refractivity contribution in [2.24, 2.45) is 35.0 Å². The monoisotopic (exact) mass is 1550 g/mol. The third-order valence-electron chi connectivity index (χ3n) is 18.2. The van der Waals surface area contributed by atoms with Gasteiger partial charge in [0.1, 0.15) is 71.7 Å². The predicted octanol–water partition coefficient (Wildman–Crippen LogP) is 6.15. The summed E-state index contributed by atoms with van der Waals surface area (Å²) in [5, 5.41) is 0.